The molecule has 0 radical (unpaired) electrons. The van der Waals surface area contributed by atoms with Crippen LogP contribution in [-0.4, -0.2) is 24.5 Å². The highest BCUT2D eigenvalue weighted by Gasteiger charge is 2.18. The van der Waals surface area contributed by atoms with Gasteiger partial charge in [-0.2, -0.15) is 0 Å². The first-order chi connectivity index (χ1) is 8.63. The van der Waals surface area contributed by atoms with Gasteiger partial charge < -0.3 is 9.47 Å². The number of ether oxygens (including phenoxy) is 2. The third kappa shape index (κ3) is 4.82. The number of esters is 1. The van der Waals surface area contributed by atoms with Crippen LogP contribution >= 0.6 is 0 Å². The van der Waals surface area contributed by atoms with Crippen LogP contribution in [0.4, 0.5) is 0 Å². The van der Waals surface area contributed by atoms with Gasteiger partial charge in [0.15, 0.2) is 5.78 Å². The predicted octanol–water partition coefficient (Wildman–Crippen LogP) is 2.14. The van der Waals surface area contributed by atoms with Crippen molar-refractivity contribution >= 4 is 11.8 Å². The van der Waals surface area contributed by atoms with Gasteiger partial charge in [0.05, 0.1) is 6.61 Å². The lowest BCUT2D eigenvalue weighted by molar-refractivity contribution is -0.149. The van der Waals surface area contributed by atoms with Crippen LogP contribution in [0.2, 0.25) is 0 Å². The molecular formula is C14H16O4. The van der Waals surface area contributed by atoms with E-state index < -0.39 is 12.1 Å². The molecule has 0 amide bonds. The molecule has 1 aromatic rings. The van der Waals surface area contributed by atoms with Crippen LogP contribution in [0.1, 0.15) is 13.8 Å². The quantitative estimate of drug-likeness (QED) is 0.571. The van der Waals surface area contributed by atoms with E-state index in [9.17, 15) is 9.59 Å². The van der Waals surface area contributed by atoms with Crippen molar-refractivity contribution in [1.82, 2.24) is 0 Å². The van der Waals surface area contributed by atoms with Gasteiger partial charge in [-0.05, 0) is 38.1 Å². The summed E-state index contributed by atoms with van der Waals surface area (Å²) in [7, 11) is 0. The molecule has 1 aromatic carbocycles. The van der Waals surface area contributed by atoms with Gasteiger partial charge in [0.25, 0.3) is 0 Å². The van der Waals surface area contributed by atoms with Crippen LogP contribution in [0.25, 0.3) is 0 Å². The van der Waals surface area contributed by atoms with Gasteiger partial charge >= 0.3 is 5.97 Å². The first-order valence-corrected chi connectivity index (χ1v) is 5.70. The third-order valence-corrected chi connectivity index (χ3v) is 2.03. The summed E-state index contributed by atoms with van der Waals surface area (Å²) in [5.74, 6) is -0.122. The molecule has 1 atom stereocenters. The van der Waals surface area contributed by atoms with E-state index in [1.807, 2.05) is 6.07 Å². The standard InChI is InChI=1S/C14H16O4/c1-3-17-14(16)13(10-9-11(2)15)18-12-7-5-4-6-8-12/h4-10,13H,3H2,1-2H3. The van der Waals surface area contributed by atoms with E-state index in [-0.39, 0.29) is 12.4 Å². The summed E-state index contributed by atoms with van der Waals surface area (Å²) in [6.45, 7) is 3.38. The van der Waals surface area contributed by atoms with Crippen molar-refractivity contribution in [2.45, 2.75) is 20.0 Å². The zero-order valence-corrected chi connectivity index (χ0v) is 10.5. The number of hydrogen-bond donors (Lipinski definition) is 0. The molecule has 0 aliphatic rings. The topological polar surface area (TPSA) is 52.6 Å². The first-order valence-electron chi connectivity index (χ1n) is 5.70. The van der Waals surface area contributed by atoms with Crippen LogP contribution in [0.5, 0.6) is 5.75 Å². The zero-order valence-electron chi connectivity index (χ0n) is 10.5. The van der Waals surface area contributed by atoms with Crippen molar-refractivity contribution in [1.29, 1.82) is 0 Å². The lowest BCUT2D eigenvalue weighted by Crippen LogP contribution is -2.27. The Kier molecular flexibility index (Phi) is 5.64. The smallest absolute Gasteiger partial charge is 0.351 e. The van der Waals surface area contributed by atoms with Gasteiger partial charge in [0, 0.05) is 0 Å². The average molecular weight is 248 g/mol. The Morgan fingerprint density at radius 3 is 2.50 bits per heavy atom. The molecule has 0 saturated carbocycles. The summed E-state index contributed by atoms with van der Waals surface area (Å²) in [5, 5.41) is 0. The second kappa shape index (κ2) is 7.27. The van der Waals surface area contributed by atoms with Crippen LogP contribution in [0.15, 0.2) is 42.5 Å². The van der Waals surface area contributed by atoms with E-state index >= 15 is 0 Å². The molecular weight excluding hydrogens is 232 g/mol. The number of rotatable bonds is 6. The summed E-state index contributed by atoms with van der Waals surface area (Å²) < 4.78 is 10.3. The Morgan fingerprint density at radius 1 is 1.28 bits per heavy atom. The minimum absolute atomic E-state index is 0.152. The summed E-state index contributed by atoms with van der Waals surface area (Å²) >= 11 is 0. The summed E-state index contributed by atoms with van der Waals surface area (Å²) in [6, 6.07) is 8.90. The van der Waals surface area contributed by atoms with Crippen molar-refractivity contribution < 1.29 is 19.1 Å². The number of allylic oxidation sites excluding steroid dienone is 1. The number of hydrogen-bond acceptors (Lipinski definition) is 4. The number of carbonyl (C=O) groups excluding carboxylic acids is 2. The molecule has 0 N–H and O–H groups in total. The Morgan fingerprint density at radius 2 is 1.94 bits per heavy atom. The highest BCUT2D eigenvalue weighted by atomic mass is 16.6. The minimum atomic E-state index is -0.906. The number of ketones is 1. The highest BCUT2D eigenvalue weighted by Crippen LogP contribution is 2.12. The van der Waals surface area contributed by atoms with E-state index in [0.717, 1.165) is 0 Å². The maximum Gasteiger partial charge on any atom is 0.351 e. The molecule has 18 heavy (non-hydrogen) atoms. The predicted molar refractivity (Wildman–Crippen MR) is 67.3 cm³/mol. The van der Waals surface area contributed by atoms with Crippen LogP contribution < -0.4 is 4.74 Å². The fraction of sp³-hybridized carbons (Fsp3) is 0.286. The lowest BCUT2D eigenvalue weighted by Gasteiger charge is -2.14. The number of para-hydroxylation sites is 1. The van der Waals surface area contributed by atoms with Crippen LogP contribution in [0.3, 0.4) is 0 Å². The minimum Gasteiger partial charge on any atom is -0.475 e. The molecule has 4 heteroatoms. The zero-order chi connectivity index (χ0) is 13.4. The van der Waals surface area contributed by atoms with Gasteiger partial charge in [0.1, 0.15) is 5.75 Å². The summed E-state index contributed by atoms with van der Waals surface area (Å²) in [4.78, 5) is 22.5. The van der Waals surface area contributed by atoms with E-state index in [2.05, 4.69) is 0 Å². The molecule has 1 unspecified atom stereocenters. The van der Waals surface area contributed by atoms with Crippen LogP contribution in [0, 0.1) is 0 Å². The molecule has 0 heterocycles. The SMILES string of the molecule is CCOC(=O)C(C=CC(C)=O)Oc1ccccc1. The van der Waals surface area contributed by atoms with Gasteiger partial charge in [-0.15, -0.1) is 0 Å². The van der Waals surface area contributed by atoms with Crippen LogP contribution in [-0.2, 0) is 14.3 Å². The molecule has 96 valence electrons. The van der Waals surface area contributed by atoms with Crippen molar-refractivity contribution in [2.24, 2.45) is 0 Å². The third-order valence-electron chi connectivity index (χ3n) is 2.03. The van der Waals surface area contributed by atoms with E-state index in [1.54, 1.807) is 31.2 Å². The van der Waals surface area contributed by atoms with Gasteiger partial charge in [-0.3, -0.25) is 4.79 Å². The number of benzene rings is 1. The van der Waals surface area contributed by atoms with Crippen molar-refractivity contribution in [3.8, 4) is 5.75 Å². The Bertz CT molecular complexity index is 423. The molecule has 0 aliphatic carbocycles. The molecule has 0 aliphatic heterocycles. The second-order valence-electron chi connectivity index (χ2n) is 3.57. The van der Waals surface area contributed by atoms with Crippen molar-refractivity contribution in [3.05, 3.63) is 42.5 Å². The monoisotopic (exact) mass is 248 g/mol. The molecule has 0 fully saturated rings. The first kappa shape index (κ1) is 14.0. The van der Waals surface area contributed by atoms with Gasteiger partial charge in [0.2, 0.25) is 6.10 Å². The molecule has 0 saturated heterocycles. The van der Waals surface area contributed by atoms with Gasteiger partial charge in [-0.1, -0.05) is 18.2 Å². The largest absolute Gasteiger partial charge is 0.475 e. The summed E-state index contributed by atoms with van der Waals surface area (Å²) in [6.07, 6.45) is 1.79. The molecule has 1 rings (SSSR count). The fourth-order valence-corrected chi connectivity index (χ4v) is 1.26. The molecule has 4 nitrogen and oxygen atoms in total. The lowest BCUT2D eigenvalue weighted by atomic mass is 10.2. The Labute approximate surface area is 106 Å². The normalized spacial score (nSPS) is 12.1. The van der Waals surface area contributed by atoms with E-state index in [0.29, 0.717) is 5.75 Å². The Balaban J connectivity index is 2.77. The van der Waals surface area contributed by atoms with Crippen molar-refractivity contribution in [3.63, 3.8) is 0 Å². The molecule has 0 aromatic heterocycles. The molecule has 0 bridgehead atoms. The van der Waals surface area contributed by atoms with E-state index in [1.165, 1.54) is 19.1 Å². The van der Waals surface area contributed by atoms with E-state index in [4.69, 9.17) is 9.47 Å². The summed E-state index contributed by atoms with van der Waals surface area (Å²) in [5.41, 5.74) is 0. The van der Waals surface area contributed by atoms with Crippen molar-refractivity contribution in [2.75, 3.05) is 6.61 Å². The fourth-order valence-electron chi connectivity index (χ4n) is 1.26. The second-order valence-corrected chi connectivity index (χ2v) is 3.57. The molecule has 0 spiro atoms. The van der Waals surface area contributed by atoms with Gasteiger partial charge in [-0.25, -0.2) is 4.79 Å². The number of carbonyl (C=O) groups is 2. The maximum atomic E-state index is 11.7. The Hall–Kier alpha value is -2.10. The highest BCUT2D eigenvalue weighted by molar-refractivity contribution is 5.88. The maximum absolute atomic E-state index is 11.7. The average Bonchev–Trinajstić information content (AvgIpc) is 2.35.